The maximum absolute atomic E-state index is 13.5. The summed E-state index contributed by atoms with van der Waals surface area (Å²) < 4.78 is 18.3. The van der Waals surface area contributed by atoms with Crippen LogP contribution in [0.2, 0.25) is 0 Å². The lowest BCUT2D eigenvalue weighted by molar-refractivity contribution is 0.0739. The monoisotopic (exact) mass is 227 g/mol. The maximum atomic E-state index is 13.5. The average Bonchev–Trinajstić information content (AvgIpc) is 2.28. The van der Waals surface area contributed by atoms with E-state index in [9.17, 15) is 9.18 Å². The van der Waals surface area contributed by atoms with Gasteiger partial charge >= 0.3 is 0 Å². The Morgan fingerprint density at radius 2 is 2.38 bits per heavy atom. The molecule has 0 aliphatic carbocycles. The first-order chi connectivity index (χ1) is 7.57. The maximum Gasteiger partial charge on any atom is 0.256 e. The zero-order valence-electron chi connectivity index (χ0n) is 9.24. The number of carbonyl (C=O) groups is 1. The number of nitrogen functional groups attached to an aromatic ring is 1. The smallest absolute Gasteiger partial charge is 0.256 e. The van der Waals surface area contributed by atoms with Gasteiger partial charge in [-0.15, -0.1) is 0 Å². The lowest BCUT2D eigenvalue weighted by Crippen LogP contribution is -2.30. The predicted molar refractivity (Wildman–Crippen MR) is 57.4 cm³/mol. The second-order valence-corrected chi connectivity index (χ2v) is 3.28. The molecule has 1 rings (SSSR count). The molecule has 1 aromatic rings. The zero-order valence-corrected chi connectivity index (χ0v) is 9.24. The molecule has 2 N–H and O–H groups in total. The van der Waals surface area contributed by atoms with E-state index in [0.29, 0.717) is 13.2 Å². The van der Waals surface area contributed by atoms with Crippen LogP contribution in [0.3, 0.4) is 0 Å². The molecule has 0 unspecified atom stereocenters. The van der Waals surface area contributed by atoms with Crippen molar-refractivity contribution >= 4 is 11.7 Å². The fourth-order valence-electron chi connectivity index (χ4n) is 1.16. The van der Waals surface area contributed by atoms with Gasteiger partial charge in [-0.3, -0.25) is 4.79 Å². The van der Waals surface area contributed by atoms with Crippen molar-refractivity contribution < 1.29 is 13.9 Å². The van der Waals surface area contributed by atoms with Crippen molar-refractivity contribution in [3.63, 3.8) is 0 Å². The molecular formula is C10H14FN3O2. The number of anilines is 1. The van der Waals surface area contributed by atoms with Gasteiger partial charge in [-0.05, 0) is 6.07 Å². The van der Waals surface area contributed by atoms with Gasteiger partial charge in [0.15, 0.2) is 11.6 Å². The van der Waals surface area contributed by atoms with Gasteiger partial charge in [-0.1, -0.05) is 0 Å². The quantitative estimate of drug-likeness (QED) is 0.814. The van der Waals surface area contributed by atoms with Crippen LogP contribution in [0.25, 0.3) is 0 Å². The van der Waals surface area contributed by atoms with E-state index in [2.05, 4.69) is 4.98 Å². The van der Waals surface area contributed by atoms with Crippen molar-refractivity contribution in [2.45, 2.75) is 0 Å². The van der Waals surface area contributed by atoms with Crippen molar-refractivity contribution in [2.75, 3.05) is 33.0 Å². The highest BCUT2D eigenvalue weighted by Crippen LogP contribution is 2.13. The molecule has 16 heavy (non-hydrogen) atoms. The molecule has 6 heteroatoms. The minimum absolute atomic E-state index is 0.0777. The fourth-order valence-corrected chi connectivity index (χ4v) is 1.16. The summed E-state index contributed by atoms with van der Waals surface area (Å²) in [7, 11) is 3.10. The molecule has 1 heterocycles. The number of hydrogen-bond acceptors (Lipinski definition) is 4. The van der Waals surface area contributed by atoms with Crippen LogP contribution < -0.4 is 5.73 Å². The van der Waals surface area contributed by atoms with E-state index >= 15 is 0 Å². The van der Waals surface area contributed by atoms with E-state index < -0.39 is 11.7 Å². The molecule has 5 nitrogen and oxygen atoms in total. The summed E-state index contributed by atoms with van der Waals surface area (Å²) in [6.07, 6.45) is 1.30. The van der Waals surface area contributed by atoms with Gasteiger partial charge in [0.25, 0.3) is 5.91 Å². The molecule has 1 amide bonds. The number of nitrogens with two attached hydrogens (primary N) is 1. The Morgan fingerprint density at radius 1 is 1.69 bits per heavy atom. The van der Waals surface area contributed by atoms with Crippen molar-refractivity contribution in [3.05, 3.63) is 23.6 Å². The summed E-state index contributed by atoms with van der Waals surface area (Å²) in [4.78, 5) is 16.7. The van der Waals surface area contributed by atoms with Gasteiger partial charge in [0, 0.05) is 26.9 Å². The van der Waals surface area contributed by atoms with E-state index in [0.717, 1.165) is 0 Å². The lowest BCUT2D eigenvalue weighted by Gasteiger charge is -2.16. The molecule has 0 aliphatic rings. The van der Waals surface area contributed by atoms with E-state index in [1.807, 2.05) is 0 Å². The van der Waals surface area contributed by atoms with Crippen LogP contribution in [0.1, 0.15) is 10.4 Å². The number of pyridine rings is 1. The number of aromatic nitrogens is 1. The third-order valence-electron chi connectivity index (χ3n) is 2.12. The zero-order chi connectivity index (χ0) is 12.1. The van der Waals surface area contributed by atoms with Crippen LogP contribution in [0.4, 0.5) is 10.2 Å². The molecule has 0 saturated carbocycles. The Morgan fingerprint density at radius 3 is 3.00 bits per heavy atom. The molecular weight excluding hydrogens is 213 g/mol. The second-order valence-electron chi connectivity index (χ2n) is 3.28. The van der Waals surface area contributed by atoms with Gasteiger partial charge in [0.1, 0.15) is 0 Å². The molecule has 1 aromatic heterocycles. The number of nitrogens with zero attached hydrogens (tertiary/aromatic N) is 2. The van der Waals surface area contributed by atoms with Crippen molar-refractivity contribution in [1.82, 2.24) is 9.88 Å². The number of halogens is 1. The third kappa shape index (κ3) is 2.66. The first-order valence-corrected chi connectivity index (χ1v) is 4.72. The Balaban J connectivity index is 2.84. The van der Waals surface area contributed by atoms with Gasteiger partial charge in [0.05, 0.1) is 12.2 Å². The number of likely N-dealkylation sites (N-methyl/N-ethyl adjacent to an activating group) is 1. The van der Waals surface area contributed by atoms with Crippen LogP contribution in [0.5, 0.6) is 0 Å². The van der Waals surface area contributed by atoms with Crippen LogP contribution >= 0.6 is 0 Å². The number of rotatable bonds is 4. The summed E-state index contributed by atoms with van der Waals surface area (Å²) in [5.41, 5.74) is 5.20. The van der Waals surface area contributed by atoms with E-state index in [-0.39, 0.29) is 11.4 Å². The molecule has 0 saturated heterocycles. The minimum Gasteiger partial charge on any atom is -0.383 e. The summed E-state index contributed by atoms with van der Waals surface area (Å²) >= 11 is 0. The molecule has 0 bridgehead atoms. The molecule has 0 radical (unpaired) electrons. The molecule has 0 aliphatic heterocycles. The van der Waals surface area contributed by atoms with Crippen LogP contribution in [0, 0.1) is 5.82 Å². The van der Waals surface area contributed by atoms with Crippen LogP contribution in [-0.2, 0) is 4.74 Å². The Bertz CT molecular complexity index is 384. The third-order valence-corrected chi connectivity index (χ3v) is 2.12. The molecule has 0 fully saturated rings. The normalized spacial score (nSPS) is 10.2. The Hall–Kier alpha value is -1.69. The van der Waals surface area contributed by atoms with Gasteiger partial charge in [-0.25, -0.2) is 9.37 Å². The molecule has 88 valence electrons. The Kier molecular flexibility index (Phi) is 4.19. The lowest BCUT2D eigenvalue weighted by atomic mass is 10.2. The first kappa shape index (κ1) is 12.4. The van der Waals surface area contributed by atoms with E-state index in [4.69, 9.17) is 10.5 Å². The van der Waals surface area contributed by atoms with Crippen molar-refractivity contribution in [2.24, 2.45) is 0 Å². The Labute approximate surface area is 93.0 Å². The average molecular weight is 227 g/mol. The molecule has 0 spiro atoms. The van der Waals surface area contributed by atoms with Gasteiger partial charge in [0.2, 0.25) is 0 Å². The summed E-state index contributed by atoms with van der Waals surface area (Å²) in [5, 5.41) is 0. The van der Waals surface area contributed by atoms with E-state index in [1.165, 1.54) is 24.3 Å². The number of ether oxygens (including phenoxy) is 1. The minimum atomic E-state index is -0.781. The summed E-state index contributed by atoms with van der Waals surface area (Å²) in [5.74, 6) is -1.49. The topological polar surface area (TPSA) is 68.5 Å². The molecule has 0 atom stereocenters. The summed E-state index contributed by atoms with van der Waals surface area (Å²) in [6, 6.07) is 1.30. The summed E-state index contributed by atoms with van der Waals surface area (Å²) in [6.45, 7) is 0.779. The highest BCUT2D eigenvalue weighted by molar-refractivity contribution is 5.94. The van der Waals surface area contributed by atoms with Crippen LogP contribution in [-0.4, -0.2) is 43.1 Å². The number of hydrogen-bond donors (Lipinski definition) is 1. The van der Waals surface area contributed by atoms with E-state index in [1.54, 1.807) is 7.05 Å². The second kappa shape index (κ2) is 5.41. The number of carbonyl (C=O) groups excluding carboxylic acids is 1. The SMILES string of the molecule is COCCN(C)C(=O)c1ccnc(N)c1F. The number of amides is 1. The number of methoxy groups -OCH3 is 1. The van der Waals surface area contributed by atoms with Crippen LogP contribution in [0.15, 0.2) is 12.3 Å². The van der Waals surface area contributed by atoms with Crippen molar-refractivity contribution in [1.29, 1.82) is 0 Å². The molecule has 0 aromatic carbocycles. The highest BCUT2D eigenvalue weighted by Gasteiger charge is 2.17. The highest BCUT2D eigenvalue weighted by atomic mass is 19.1. The van der Waals surface area contributed by atoms with Gasteiger partial charge in [-0.2, -0.15) is 0 Å². The van der Waals surface area contributed by atoms with Gasteiger partial charge < -0.3 is 15.4 Å². The largest absolute Gasteiger partial charge is 0.383 e. The van der Waals surface area contributed by atoms with Crippen molar-refractivity contribution in [3.8, 4) is 0 Å². The standard InChI is InChI=1S/C10H14FN3O2/c1-14(5-6-16-2)10(15)7-3-4-13-9(12)8(7)11/h3-4H,5-6H2,1-2H3,(H2,12,13). The fraction of sp³-hybridized carbons (Fsp3) is 0.400. The first-order valence-electron chi connectivity index (χ1n) is 4.72. The predicted octanol–water partition coefficient (Wildman–Crippen LogP) is 0.521.